The highest BCUT2D eigenvalue weighted by molar-refractivity contribution is 5.95. The average molecular weight is 334 g/mol. The Hall–Kier alpha value is -2.70. The number of amides is 1. The lowest BCUT2D eigenvalue weighted by Gasteiger charge is -2.07. The zero-order valence-electron chi connectivity index (χ0n) is 12.9. The molecule has 24 heavy (non-hydrogen) atoms. The van der Waals surface area contributed by atoms with Crippen LogP contribution in [-0.4, -0.2) is 17.5 Å². The van der Waals surface area contributed by atoms with Gasteiger partial charge in [0.1, 0.15) is 5.75 Å². The topological polar surface area (TPSA) is 71.2 Å². The molecule has 0 bridgehead atoms. The third kappa shape index (κ3) is 3.61. The number of pyridine rings is 1. The number of anilines is 1. The van der Waals surface area contributed by atoms with Crippen molar-refractivity contribution in [3.63, 3.8) is 0 Å². The number of hydrogen-bond acceptors (Lipinski definition) is 3. The van der Waals surface area contributed by atoms with Crippen LogP contribution in [0.15, 0.2) is 41.3 Å². The summed E-state index contributed by atoms with van der Waals surface area (Å²) < 4.78 is 28.5. The van der Waals surface area contributed by atoms with Gasteiger partial charge in [-0.05, 0) is 43.0 Å². The van der Waals surface area contributed by atoms with Crippen LogP contribution in [0.2, 0.25) is 0 Å². The number of rotatable bonds is 5. The van der Waals surface area contributed by atoms with Crippen LogP contribution < -0.4 is 15.6 Å². The second-order valence-corrected chi connectivity index (χ2v) is 5.79. The second kappa shape index (κ2) is 6.43. The van der Waals surface area contributed by atoms with Crippen molar-refractivity contribution in [2.24, 2.45) is 5.92 Å². The molecule has 1 heterocycles. The van der Waals surface area contributed by atoms with E-state index in [-0.39, 0.29) is 29.1 Å². The van der Waals surface area contributed by atoms with Crippen molar-refractivity contribution in [3.05, 3.63) is 58.0 Å². The summed E-state index contributed by atoms with van der Waals surface area (Å²) in [5, 5.41) is 2.78. The zero-order valence-corrected chi connectivity index (χ0v) is 12.9. The van der Waals surface area contributed by atoms with Gasteiger partial charge in [-0.3, -0.25) is 9.59 Å². The van der Waals surface area contributed by atoms with Crippen LogP contribution >= 0.6 is 0 Å². The number of alkyl halides is 2. The Kier molecular flexibility index (Phi) is 4.33. The van der Waals surface area contributed by atoms with Crippen molar-refractivity contribution in [2.45, 2.75) is 25.9 Å². The number of carbonyl (C=O) groups is 1. The van der Waals surface area contributed by atoms with Crippen molar-refractivity contribution < 1.29 is 18.3 Å². The molecule has 7 heteroatoms. The van der Waals surface area contributed by atoms with Gasteiger partial charge < -0.3 is 15.0 Å². The fraction of sp³-hybridized carbons (Fsp3) is 0.294. The molecule has 0 aliphatic heterocycles. The molecule has 2 N–H and O–H groups in total. The molecule has 1 aliphatic carbocycles. The number of nitrogens with one attached hydrogen (secondary N) is 2. The molecule has 2 atom stereocenters. The third-order valence-electron chi connectivity index (χ3n) is 4.02. The van der Waals surface area contributed by atoms with Gasteiger partial charge in [0.05, 0.1) is 5.69 Å². The van der Waals surface area contributed by atoms with E-state index in [9.17, 15) is 18.4 Å². The fourth-order valence-corrected chi connectivity index (χ4v) is 2.65. The summed E-state index contributed by atoms with van der Waals surface area (Å²) in [7, 11) is 0. The maximum absolute atomic E-state index is 12.2. The number of aromatic amines is 1. The predicted molar refractivity (Wildman–Crippen MR) is 84.4 cm³/mol. The Labute approximate surface area is 136 Å². The molecule has 2 aromatic rings. The average Bonchev–Trinajstić information content (AvgIpc) is 3.32. The van der Waals surface area contributed by atoms with E-state index in [4.69, 9.17) is 0 Å². The molecule has 0 spiro atoms. The van der Waals surface area contributed by atoms with E-state index in [0.29, 0.717) is 17.7 Å². The number of H-pyrrole nitrogens is 1. The van der Waals surface area contributed by atoms with E-state index in [1.807, 2.05) is 0 Å². The molecule has 1 amide bonds. The van der Waals surface area contributed by atoms with Crippen LogP contribution in [0.3, 0.4) is 0 Å². The van der Waals surface area contributed by atoms with Crippen molar-refractivity contribution >= 4 is 11.6 Å². The van der Waals surface area contributed by atoms with Gasteiger partial charge in [0.2, 0.25) is 5.91 Å². The van der Waals surface area contributed by atoms with Crippen LogP contribution in [-0.2, 0) is 4.79 Å². The van der Waals surface area contributed by atoms with E-state index in [2.05, 4.69) is 15.0 Å². The van der Waals surface area contributed by atoms with Crippen molar-refractivity contribution in [1.29, 1.82) is 0 Å². The molecule has 1 aromatic carbocycles. The highest BCUT2D eigenvalue weighted by Gasteiger charge is 2.43. The summed E-state index contributed by atoms with van der Waals surface area (Å²) in [6, 6.07) is 7.95. The lowest BCUT2D eigenvalue weighted by atomic mass is 10.1. The first-order chi connectivity index (χ1) is 11.4. The van der Waals surface area contributed by atoms with E-state index < -0.39 is 6.61 Å². The van der Waals surface area contributed by atoms with Crippen LogP contribution in [0.1, 0.15) is 23.5 Å². The number of hydrogen-bond donors (Lipinski definition) is 2. The lowest BCUT2D eigenvalue weighted by Crippen LogP contribution is -2.17. The van der Waals surface area contributed by atoms with Crippen molar-refractivity contribution in [2.75, 3.05) is 5.32 Å². The number of carbonyl (C=O) groups excluding carboxylic acids is 1. The number of halogens is 2. The second-order valence-electron chi connectivity index (χ2n) is 5.79. The summed E-state index contributed by atoms with van der Waals surface area (Å²) >= 11 is 0. The summed E-state index contributed by atoms with van der Waals surface area (Å²) in [5.74, 6) is -0.132. The van der Waals surface area contributed by atoms with Crippen LogP contribution in [0.5, 0.6) is 5.75 Å². The maximum Gasteiger partial charge on any atom is 0.387 e. The van der Waals surface area contributed by atoms with Crippen molar-refractivity contribution in [1.82, 2.24) is 4.98 Å². The van der Waals surface area contributed by atoms with Gasteiger partial charge in [0.25, 0.3) is 5.56 Å². The van der Waals surface area contributed by atoms with Gasteiger partial charge in [-0.2, -0.15) is 8.78 Å². The molecule has 0 saturated heterocycles. The van der Waals surface area contributed by atoms with Gasteiger partial charge in [0.15, 0.2) is 0 Å². The van der Waals surface area contributed by atoms with E-state index in [1.165, 1.54) is 18.3 Å². The highest BCUT2D eigenvalue weighted by Crippen LogP contribution is 2.48. The van der Waals surface area contributed by atoms with Gasteiger partial charge in [0, 0.05) is 17.7 Å². The Morgan fingerprint density at radius 2 is 2.04 bits per heavy atom. The number of aryl methyl sites for hydroxylation is 1. The minimum atomic E-state index is -2.85. The monoisotopic (exact) mass is 334 g/mol. The zero-order chi connectivity index (χ0) is 17.3. The highest BCUT2D eigenvalue weighted by atomic mass is 19.3. The summed E-state index contributed by atoms with van der Waals surface area (Å²) in [6.07, 6.45) is 2.16. The maximum atomic E-state index is 12.2. The minimum absolute atomic E-state index is 0.0643. The van der Waals surface area contributed by atoms with Gasteiger partial charge in [-0.1, -0.05) is 12.1 Å². The number of benzene rings is 1. The lowest BCUT2D eigenvalue weighted by molar-refractivity contribution is -0.117. The molecular formula is C17H16F2N2O3. The standard InChI is InChI=1S/C17H16F2N2O3/c1-9-6-11(8-20-15(9)22)21-16(23)14-7-13(14)10-2-4-12(5-3-10)24-17(18)19/h2-6,8,13-14,17H,7H2,1H3,(H,20,22)(H,21,23)/t13-,14+/m0/s1. The molecule has 1 aliphatic rings. The third-order valence-corrected chi connectivity index (χ3v) is 4.02. The quantitative estimate of drug-likeness (QED) is 0.883. The van der Waals surface area contributed by atoms with E-state index >= 15 is 0 Å². The molecule has 0 unspecified atom stereocenters. The van der Waals surface area contributed by atoms with Gasteiger partial charge in [-0.15, -0.1) is 0 Å². The predicted octanol–water partition coefficient (Wildman–Crippen LogP) is 3.03. The Balaban J connectivity index is 1.60. The molecule has 3 rings (SSSR count). The first-order valence-electron chi connectivity index (χ1n) is 7.49. The smallest absolute Gasteiger partial charge is 0.387 e. The van der Waals surface area contributed by atoms with E-state index in [1.54, 1.807) is 25.1 Å². The fourth-order valence-electron chi connectivity index (χ4n) is 2.65. The molecule has 1 fully saturated rings. The SMILES string of the molecule is Cc1cc(NC(=O)[C@@H]2C[C@H]2c2ccc(OC(F)F)cc2)c[nH]c1=O. The molecule has 0 radical (unpaired) electrons. The Morgan fingerprint density at radius 3 is 2.67 bits per heavy atom. The summed E-state index contributed by atoms with van der Waals surface area (Å²) in [6.45, 7) is -1.19. The number of aromatic nitrogens is 1. The molecular weight excluding hydrogens is 318 g/mol. The van der Waals surface area contributed by atoms with Crippen LogP contribution in [0.25, 0.3) is 0 Å². The van der Waals surface area contributed by atoms with Crippen LogP contribution in [0, 0.1) is 12.8 Å². The van der Waals surface area contributed by atoms with Gasteiger partial charge >= 0.3 is 6.61 Å². The molecule has 1 aromatic heterocycles. The minimum Gasteiger partial charge on any atom is -0.435 e. The molecule has 1 saturated carbocycles. The summed E-state index contributed by atoms with van der Waals surface area (Å²) in [5.41, 5.74) is 1.79. The molecule has 5 nitrogen and oxygen atoms in total. The first kappa shape index (κ1) is 16.2. The summed E-state index contributed by atoms with van der Waals surface area (Å²) in [4.78, 5) is 26.1. The van der Waals surface area contributed by atoms with Crippen LogP contribution in [0.4, 0.5) is 14.5 Å². The Morgan fingerprint density at radius 1 is 1.33 bits per heavy atom. The molecule has 126 valence electrons. The number of ether oxygens (including phenoxy) is 1. The van der Waals surface area contributed by atoms with Gasteiger partial charge in [-0.25, -0.2) is 0 Å². The van der Waals surface area contributed by atoms with E-state index in [0.717, 1.165) is 5.56 Å². The largest absolute Gasteiger partial charge is 0.435 e. The van der Waals surface area contributed by atoms with Crippen molar-refractivity contribution in [3.8, 4) is 5.75 Å². The first-order valence-corrected chi connectivity index (χ1v) is 7.49. The normalized spacial score (nSPS) is 19.2. The Bertz CT molecular complexity index is 802.